The smallest absolute Gasteiger partial charge is 0.191 e. The summed E-state index contributed by atoms with van der Waals surface area (Å²) >= 11 is 0. The third kappa shape index (κ3) is 7.62. The zero-order valence-corrected chi connectivity index (χ0v) is 14.2. The summed E-state index contributed by atoms with van der Waals surface area (Å²) in [5, 5.41) is 6.25. The molecule has 3 nitrogen and oxygen atoms in total. The maximum Gasteiger partial charge on any atom is 0.191 e. The predicted octanol–water partition coefficient (Wildman–Crippen LogP) is 3.09. The van der Waals surface area contributed by atoms with Crippen LogP contribution in [0.5, 0.6) is 0 Å². The van der Waals surface area contributed by atoms with Crippen LogP contribution in [-0.2, 0) is 6.42 Å². The molecule has 20 heavy (non-hydrogen) atoms. The molecule has 0 aromatic heterocycles. The second kappa shape index (κ2) is 10.8. The highest BCUT2D eigenvalue weighted by Crippen LogP contribution is 2.07. The van der Waals surface area contributed by atoms with E-state index in [4.69, 9.17) is 0 Å². The topological polar surface area (TPSA) is 36.4 Å². The molecule has 0 saturated heterocycles. The van der Waals surface area contributed by atoms with Crippen molar-refractivity contribution in [3.63, 3.8) is 0 Å². The Morgan fingerprint density at radius 2 is 1.75 bits per heavy atom. The van der Waals surface area contributed by atoms with Gasteiger partial charge in [-0.1, -0.05) is 6.92 Å². The largest absolute Gasteiger partial charge is 0.357 e. The molecule has 0 atom stereocenters. The summed E-state index contributed by atoms with van der Waals surface area (Å²) in [5.74, 6) is -0.343. The molecular formula is C14H22F2IN3. The van der Waals surface area contributed by atoms with Gasteiger partial charge in [0.1, 0.15) is 11.6 Å². The Hall–Kier alpha value is -0.920. The quantitative estimate of drug-likeness (QED) is 0.440. The van der Waals surface area contributed by atoms with Crippen molar-refractivity contribution in [1.82, 2.24) is 10.6 Å². The summed E-state index contributed by atoms with van der Waals surface area (Å²) in [7, 11) is 0. The Balaban J connectivity index is 0.00000361. The highest BCUT2D eigenvalue weighted by molar-refractivity contribution is 14.0. The van der Waals surface area contributed by atoms with Crippen LogP contribution >= 0.6 is 24.0 Å². The number of benzene rings is 1. The Morgan fingerprint density at radius 3 is 2.30 bits per heavy atom. The Labute approximate surface area is 136 Å². The van der Waals surface area contributed by atoms with E-state index >= 15 is 0 Å². The predicted molar refractivity (Wildman–Crippen MR) is 89.7 cm³/mol. The molecule has 2 N–H and O–H groups in total. The summed E-state index contributed by atoms with van der Waals surface area (Å²) in [6.45, 7) is 6.17. The van der Waals surface area contributed by atoms with Gasteiger partial charge >= 0.3 is 0 Å². The summed E-state index contributed by atoms with van der Waals surface area (Å²) < 4.78 is 26.0. The Morgan fingerprint density at radius 1 is 1.10 bits per heavy atom. The molecule has 6 heteroatoms. The molecule has 1 aromatic rings. The molecule has 1 rings (SSSR count). The van der Waals surface area contributed by atoms with Crippen LogP contribution in [0.1, 0.15) is 25.8 Å². The van der Waals surface area contributed by atoms with E-state index in [-0.39, 0.29) is 24.0 Å². The van der Waals surface area contributed by atoms with Gasteiger partial charge in [0.2, 0.25) is 0 Å². The first-order valence-corrected chi connectivity index (χ1v) is 6.62. The lowest BCUT2D eigenvalue weighted by Gasteiger charge is -2.11. The molecule has 1 aromatic carbocycles. The van der Waals surface area contributed by atoms with Gasteiger partial charge in [0, 0.05) is 25.7 Å². The molecule has 0 aliphatic carbocycles. The number of halogens is 3. The molecule has 0 saturated carbocycles. The molecule has 0 unspecified atom stereocenters. The van der Waals surface area contributed by atoms with Crippen LogP contribution in [0.4, 0.5) is 8.78 Å². The zero-order chi connectivity index (χ0) is 14.1. The Kier molecular flexibility index (Phi) is 10.3. The normalized spacial score (nSPS) is 10.9. The van der Waals surface area contributed by atoms with Gasteiger partial charge in [-0.25, -0.2) is 8.78 Å². The highest BCUT2D eigenvalue weighted by Gasteiger charge is 2.01. The second-order valence-electron chi connectivity index (χ2n) is 4.22. The van der Waals surface area contributed by atoms with Crippen LogP contribution in [0.3, 0.4) is 0 Å². The lowest BCUT2D eigenvalue weighted by molar-refractivity contribution is 0.579. The number of nitrogens with zero attached hydrogens (tertiary/aromatic N) is 1. The minimum atomic E-state index is -0.540. The van der Waals surface area contributed by atoms with Crippen molar-refractivity contribution in [3.05, 3.63) is 35.4 Å². The average molecular weight is 397 g/mol. The number of hydrogen-bond donors (Lipinski definition) is 2. The van der Waals surface area contributed by atoms with Crippen LogP contribution in [0.25, 0.3) is 0 Å². The lowest BCUT2D eigenvalue weighted by Crippen LogP contribution is -2.38. The third-order valence-corrected chi connectivity index (χ3v) is 2.47. The van der Waals surface area contributed by atoms with Gasteiger partial charge in [-0.05, 0) is 37.5 Å². The first-order chi connectivity index (χ1) is 9.15. The SMILES string of the molecule is CCCN=C(NCC)NCCc1cc(F)cc(F)c1.I. The van der Waals surface area contributed by atoms with Crippen LogP contribution in [0, 0.1) is 11.6 Å². The molecule has 0 spiro atoms. The fourth-order valence-electron chi connectivity index (χ4n) is 1.65. The van der Waals surface area contributed by atoms with Gasteiger partial charge in [0.25, 0.3) is 0 Å². The van der Waals surface area contributed by atoms with E-state index in [1.165, 1.54) is 12.1 Å². The van der Waals surface area contributed by atoms with E-state index in [0.717, 1.165) is 31.5 Å². The van der Waals surface area contributed by atoms with Crippen molar-refractivity contribution in [1.29, 1.82) is 0 Å². The van der Waals surface area contributed by atoms with E-state index in [1.807, 2.05) is 6.92 Å². The number of guanidine groups is 1. The van der Waals surface area contributed by atoms with Crippen LogP contribution < -0.4 is 10.6 Å². The van der Waals surface area contributed by atoms with E-state index < -0.39 is 11.6 Å². The minimum Gasteiger partial charge on any atom is -0.357 e. The van der Waals surface area contributed by atoms with Crippen LogP contribution in [0.2, 0.25) is 0 Å². The van der Waals surface area contributed by atoms with Crippen molar-refractivity contribution >= 4 is 29.9 Å². The fraction of sp³-hybridized carbons (Fsp3) is 0.500. The molecule has 0 amide bonds. The molecular weight excluding hydrogens is 375 g/mol. The van der Waals surface area contributed by atoms with Gasteiger partial charge in [-0.2, -0.15) is 0 Å². The minimum absolute atomic E-state index is 0. The summed E-state index contributed by atoms with van der Waals surface area (Å²) in [5.41, 5.74) is 0.635. The molecule has 0 aliphatic rings. The first-order valence-electron chi connectivity index (χ1n) is 6.62. The molecule has 0 radical (unpaired) electrons. The van der Waals surface area contributed by atoms with Crippen LogP contribution in [-0.4, -0.2) is 25.6 Å². The zero-order valence-electron chi connectivity index (χ0n) is 11.9. The molecule has 0 aliphatic heterocycles. The van der Waals surface area contributed by atoms with Crippen molar-refractivity contribution in [2.24, 2.45) is 4.99 Å². The molecule has 0 heterocycles. The standard InChI is InChI=1S/C14H21F2N3.HI/c1-3-6-18-14(17-4-2)19-7-5-11-8-12(15)10-13(16)9-11;/h8-10H,3-7H2,1-2H3,(H2,17,18,19);1H. The fourth-order valence-corrected chi connectivity index (χ4v) is 1.65. The summed E-state index contributed by atoms with van der Waals surface area (Å²) in [6.07, 6.45) is 1.52. The number of nitrogens with one attached hydrogen (secondary N) is 2. The van der Waals surface area contributed by atoms with E-state index in [1.54, 1.807) is 0 Å². The highest BCUT2D eigenvalue weighted by atomic mass is 127. The monoisotopic (exact) mass is 397 g/mol. The number of rotatable bonds is 6. The van der Waals surface area contributed by atoms with Crippen molar-refractivity contribution in [3.8, 4) is 0 Å². The lowest BCUT2D eigenvalue weighted by atomic mass is 10.1. The Bertz CT molecular complexity index is 405. The van der Waals surface area contributed by atoms with E-state index in [2.05, 4.69) is 22.5 Å². The van der Waals surface area contributed by atoms with Gasteiger partial charge < -0.3 is 10.6 Å². The second-order valence-corrected chi connectivity index (χ2v) is 4.22. The maximum atomic E-state index is 13.0. The van der Waals surface area contributed by atoms with E-state index in [9.17, 15) is 8.78 Å². The van der Waals surface area contributed by atoms with Crippen molar-refractivity contribution < 1.29 is 8.78 Å². The summed E-state index contributed by atoms with van der Waals surface area (Å²) in [6, 6.07) is 3.57. The number of hydrogen-bond acceptors (Lipinski definition) is 1. The third-order valence-electron chi connectivity index (χ3n) is 2.47. The van der Waals surface area contributed by atoms with Gasteiger partial charge in [-0.3, -0.25) is 4.99 Å². The molecule has 0 bridgehead atoms. The van der Waals surface area contributed by atoms with Gasteiger partial charge in [0.15, 0.2) is 5.96 Å². The van der Waals surface area contributed by atoms with Crippen LogP contribution in [0.15, 0.2) is 23.2 Å². The average Bonchev–Trinajstić information content (AvgIpc) is 2.34. The summed E-state index contributed by atoms with van der Waals surface area (Å²) in [4.78, 5) is 4.34. The maximum absolute atomic E-state index is 13.0. The van der Waals surface area contributed by atoms with Crippen molar-refractivity contribution in [2.45, 2.75) is 26.7 Å². The number of aliphatic imine (C=N–C) groups is 1. The molecule has 0 fully saturated rings. The van der Waals surface area contributed by atoms with Crippen molar-refractivity contribution in [2.75, 3.05) is 19.6 Å². The van der Waals surface area contributed by atoms with Gasteiger partial charge in [0.05, 0.1) is 0 Å². The molecule has 114 valence electrons. The first kappa shape index (κ1) is 19.1. The van der Waals surface area contributed by atoms with Gasteiger partial charge in [-0.15, -0.1) is 24.0 Å². The van der Waals surface area contributed by atoms with E-state index in [0.29, 0.717) is 18.5 Å².